The molecular formula is C21H23FN2O3S2. The Morgan fingerprint density at radius 1 is 1.14 bits per heavy atom. The number of aromatic nitrogens is 1. The van der Waals surface area contributed by atoms with Gasteiger partial charge >= 0.3 is 0 Å². The number of sulfonamides is 1. The highest BCUT2D eigenvalue weighted by molar-refractivity contribution is 7.89. The van der Waals surface area contributed by atoms with Gasteiger partial charge in [-0.2, -0.15) is 9.29 Å². The van der Waals surface area contributed by atoms with Gasteiger partial charge in [-0.1, -0.05) is 35.1 Å². The van der Waals surface area contributed by atoms with Gasteiger partial charge in [0, 0.05) is 13.1 Å². The van der Waals surface area contributed by atoms with E-state index in [2.05, 4.69) is 4.98 Å². The first-order valence-corrected chi connectivity index (χ1v) is 11.8. The lowest BCUT2D eigenvalue weighted by molar-refractivity contribution is 0.135. The zero-order chi connectivity index (χ0) is 20.8. The van der Waals surface area contributed by atoms with Gasteiger partial charge in [0.2, 0.25) is 10.0 Å². The van der Waals surface area contributed by atoms with Crippen LogP contribution in [-0.4, -0.2) is 36.9 Å². The summed E-state index contributed by atoms with van der Waals surface area (Å²) in [6.07, 6.45) is 1.01. The molecule has 1 aliphatic rings. The van der Waals surface area contributed by atoms with Crippen molar-refractivity contribution in [1.29, 1.82) is 0 Å². The molecule has 1 fully saturated rings. The van der Waals surface area contributed by atoms with Crippen molar-refractivity contribution in [2.45, 2.75) is 44.6 Å². The summed E-state index contributed by atoms with van der Waals surface area (Å²) in [6.45, 7) is 6.43. The van der Waals surface area contributed by atoms with Crippen molar-refractivity contribution in [2.75, 3.05) is 13.1 Å². The molecule has 0 aliphatic carbocycles. The molecule has 0 spiro atoms. The van der Waals surface area contributed by atoms with Crippen molar-refractivity contribution in [3.63, 3.8) is 0 Å². The Hall–Kier alpha value is -2.03. The lowest BCUT2D eigenvalue weighted by atomic mass is 10.1. The Morgan fingerprint density at radius 2 is 1.79 bits per heavy atom. The van der Waals surface area contributed by atoms with E-state index in [0.29, 0.717) is 41.5 Å². The van der Waals surface area contributed by atoms with Crippen LogP contribution in [0.3, 0.4) is 0 Å². The van der Waals surface area contributed by atoms with Crippen LogP contribution < -0.4 is 4.74 Å². The van der Waals surface area contributed by atoms with Gasteiger partial charge in [0.1, 0.15) is 17.4 Å². The molecule has 0 N–H and O–H groups in total. The number of ether oxygens (including phenoxy) is 1. The molecule has 3 aromatic rings. The van der Waals surface area contributed by atoms with E-state index >= 15 is 0 Å². The molecule has 0 radical (unpaired) electrons. The van der Waals surface area contributed by atoms with Crippen LogP contribution in [0.15, 0.2) is 35.2 Å². The average molecular weight is 435 g/mol. The molecular weight excluding hydrogens is 411 g/mol. The summed E-state index contributed by atoms with van der Waals surface area (Å²) >= 11 is 1.31. The smallest absolute Gasteiger partial charge is 0.274 e. The predicted molar refractivity (Wildman–Crippen MR) is 113 cm³/mol. The van der Waals surface area contributed by atoms with Gasteiger partial charge in [0.15, 0.2) is 0 Å². The van der Waals surface area contributed by atoms with Gasteiger partial charge in [-0.3, -0.25) is 0 Å². The van der Waals surface area contributed by atoms with Crippen molar-refractivity contribution >= 4 is 31.6 Å². The standard InChI is InChI=1S/C21H23FN2O3S2/c1-13-11-14(2)20(15(3)12-13)29(25,26)24-9-7-16(8-10-24)27-21-23-19-17(22)5-4-6-18(19)28-21/h4-6,11-12,16H,7-10H2,1-3H3. The monoisotopic (exact) mass is 434 g/mol. The number of piperidine rings is 1. The van der Waals surface area contributed by atoms with E-state index in [1.165, 1.54) is 21.7 Å². The largest absolute Gasteiger partial charge is 0.467 e. The average Bonchev–Trinajstić information content (AvgIpc) is 3.05. The number of nitrogens with zero attached hydrogens (tertiary/aromatic N) is 2. The fraction of sp³-hybridized carbons (Fsp3) is 0.381. The highest BCUT2D eigenvalue weighted by Gasteiger charge is 2.32. The molecule has 2 aromatic carbocycles. The van der Waals surface area contributed by atoms with Gasteiger partial charge in [-0.25, -0.2) is 12.8 Å². The molecule has 0 saturated carbocycles. The second-order valence-electron chi connectivity index (χ2n) is 7.52. The quantitative estimate of drug-likeness (QED) is 0.603. The van der Waals surface area contributed by atoms with E-state index in [-0.39, 0.29) is 11.9 Å². The molecule has 4 rings (SSSR count). The van der Waals surface area contributed by atoms with E-state index in [1.54, 1.807) is 6.07 Å². The topological polar surface area (TPSA) is 59.5 Å². The lowest BCUT2D eigenvalue weighted by Crippen LogP contribution is -2.42. The van der Waals surface area contributed by atoms with Crippen LogP contribution in [0, 0.1) is 26.6 Å². The first-order chi connectivity index (χ1) is 13.8. The number of fused-ring (bicyclic) bond motifs is 1. The van der Waals surface area contributed by atoms with E-state index in [9.17, 15) is 12.8 Å². The van der Waals surface area contributed by atoms with E-state index in [1.807, 2.05) is 39.0 Å². The fourth-order valence-electron chi connectivity index (χ4n) is 3.98. The molecule has 8 heteroatoms. The molecule has 154 valence electrons. The highest BCUT2D eigenvalue weighted by Crippen LogP contribution is 2.32. The van der Waals surface area contributed by atoms with E-state index < -0.39 is 10.0 Å². The summed E-state index contributed by atoms with van der Waals surface area (Å²) in [7, 11) is -3.55. The molecule has 2 heterocycles. The summed E-state index contributed by atoms with van der Waals surface area (Å²) < 4.78 is 48.4. The van der Waals surface area contributed by atoms with E-state index in [0.717, 1.165) is 21.4 Å². The number of thiazole rings is 1. The first kappa shape index (κ1) is 20.3. The second-order valence-corrected chi connectivity index (χ2v) is 10.4. The van der Waals surface area contributed by atoms with Crippen LogP contribution in [0.4, 0.5) is 4.39 Å². The number of rotatable bonds is 4. The Bertz CT molecular complexity index is 1140. The molecule has 0 amide bonds. The van der Waals surface area contributed by atoms with E-state index in [4.69, 9.17) is 4.74 Å². The maximum atomic E-state index is 13.8. The van der Waals surface area contributed by atoms with Crippen LogP contribution in [-0.2, 0) is 10.0 Å². The highest BCUT2D eigenvalue weighted by atomic mass is 32.2. The molecule has 1 saturated heterocycles. The van der Waals surface area contributed by atoms with Crippen LogP contribution >= 0.6 is 11.3 Å². The summed E-state index contributed by atoms with van der Waals surface area (Å²) in [5, 5.41) is 0.427. The minimum atomic E-state index is -3.55. The van der Waals surface area contributed by atoms with Crippen molar-refractivity contribution in [1.82, 2.24) is 9.29 Å². The SMILES string of the molecule is Cc1cc(C)c(S(=O)(=O)N2CCC(Oc3nc4c(F)cccc4s3)CC2)c(C)c1. The summed E-state index contributed by atoms with van der Waals surface area (Å²) in [5.74, 6) is -0.363. The number of benzene rings is 2. The van der Waals surface area contributed by atoms with Gasteiger partial charge in [0.05, 0.1) is 9.60 Å². The number of hydrogen-bond donors (Lipinski definition) is 0. The summed E-state index contributed by atoms with van der Waals surface area (Å²) in [4.78, 5) is 4.65. The van der Waals surface area contributed by atoms with Crippen molar-refractivity contribution in [3.05, 3.63) is 52.8 Å². The maximum Gasteiger partial charge on any atom is 0.274 e. The van der Waals surface area contributed by atoms with Crippen LogP contribution in [0.5, 0.6) is 5.19 Å². The Morgan fingerprint density at radius 3 is 2.41 bits per heavy atom. The third kappa shape index (κ3) is 3.89. The molecule has 1 aromatic heterocycles. The molecule has 0 unspecified atom stereocenters. The molecule has 0 bridgehead atoms. The van der Waals surface area contributed by atoms with Gasteiger partial charge in [-0.15, -0.1) is 0 Å². The number of para-hydroxylation sites is 1. The van der Waals surface area contributed by atoms with Crippen molar-refractivity contribution in [2.24, 2.45) is 0 Å². The predicted octanol–water partition coefficient (Wildman–Crippen LogP) is 4.59. The number of hydrogen-bond acceptors (Lipinski definition) is 5. The third-order valence-corrected chi connectivity index (χ3v) is 8.34. The molecule has 29 heavy (non-hydrogen) atoms. The van der Waals surface area contributed by atoms with Crippen LogP contribution in [0.2, 0.25) is 0 Å². The Kier molecular flexibility index (Phi) is 5.35. The van der Waals surface area contributed by atoms with Crippen molar-refractivity contribution < 1.29 is 17.5 Å². The Labute approximate surface area is 174 Å². The van der Waals surface area contributed by atoms with Crippen molar-refractivity contribution in [3.8, 4) is 5.19 Å². The fourth-order valence-corrected chi connectivity index (χ4v) is 6.76. The van der Waals surface area contributed by atoms with Gasteiger partial charge in [-0.05, 0) is 56.9 Å². The summed E-state index contributed by atoms with van der Waals surface area (Å²) in [6, 6.07) is 8.65. The van der Waals surface area contributed by atoms with Gasteiger partial charge in [0.25, 0.3) is 5.19 Å². The van der Waals surface area contributed by atoms with Gasteiger partial charge < -0.3 is 4.74 Å². The first-order valence-electron chi connectivity index (χ1n) is 9.55. The zero-order valence-electron chi connectivity index (χ0n) is 16.6. The minimum Gasteiger partial charge on any atom is -0.467 e. The number of aryl methyl sites for hydroxylation is 3. The normalized spacial score (nSPS) is 16.4. The minimum absolute atomic E-state index is 0.134. The van der Waals surface area contributed by atoms with Crippen LogP contribution in [0.1, 0.15) is 29.5 Å². The zero-order valence-corrected chi connectivity index (χ0v) is 18.2. The number of halogens is 1. The molecule has 1 aliphatic heterocycles. The lowest BCUT2D eigenvalue weighted by Gasteiger charge is -2.31. The van der Waals surface area contributed by atoms with Crippen LogP contribution in [0.25, 0.3) is 10.2 Å². The maximum absolute atomic E-state index is 13.8. The molecule has 5 nitrogen and oxygen atoms in total. The molecule has 0 atom stereocenters. The summed E-state index contributed by atoms with van der Waals surface area (Å²) in [5.41, 5.74) is 2.92. The second kappa shape index (κ2) is 7.66. The third-order valence-electron chi connectivity index (χ3n) is 5.22. The Balaban J connectivity index is 1.47.